The van der Waals surface area contributed by atoms with Crippen molar-refractivity contribution in [3.63, 3.8) is 0 Å². The molecule has 0 saturated heterocycles. The lowest BCUT2D eigenvalue weighted by atomic mass is 10.2. The minimum Gasteiger partial charge on any atom is -0.491 e. The molecule has 0 fully saturated rings. The van der Waals surface area contributed by atoms with E-state index in [-0.39, 0.29) is 5.91 Å². The highest BCUT2D eigenvalue weighted by Crippen LogP contribution is 2.17. The van der Waals surface area contributed by atoms with Gasteiger partial charge in [-0.2, -0.15) is 0 Å². The van der Waals surface area contributed by atoms with E-state index in [9.17, 15) is 4.79 Å². The minimum atomic E-state index is -0.0941. The molecule has 0 aliphatic heterocycles. The average Bonchev–Trinajstić information content (AvgIpc) is 2.43. The Morgan fingerprint density at radius 1 is 1.25 bits per heavy atom. The zero-order chi connectivity index (χ0) is 14.8. The van der Waals surface area contributed by atoms with Gasteiger partial charge in [0.15, 0.2) is 0 Å². The van der Waals surface area contributed by atoms with Gasteiger partial charge < -0.3 is 20.3 Å². The van der Waals surface area contributed by atoms with Gasteiger partial charge in [0.1, 0.15) is 12.4 Å². The number of rotatable bonds is 9. The van der Waals surface area contributed by atoms with Gasteiger partial charge in [0.2, 0.25) is 0 Å². The highest BCUT2D eigenvalue weighted by molar-refractivity contribution is 5.96. The van der Waals surface area contributed by atoms with Crippen LogP contribution in [0.5, 0.6) is 5.75 Å². The molecule has 0 aliphatic carbocycles. The van der Waals surface area contributed by atoms with Crippen molar-refractivity contribution in [2.24, 2.45) is 0 Å². The molecule has 1 rings (SSSR count). The first-order valence-electron chi connectivity index (χ1n) is 7.00. The second-order valence-corrected chi connectivity index (χ2v) is 4.76. The maximum atomic E-state index is 12.1. The van der Waals surface area contributed by atoms with E-state index in [1.165, 1.54) is 0 Å². The number of carbonyl (C=O) groups excluding carboxylic acids is 1. The van der Waals surface area contributed by atoms with Crippen molar-refractivity contribution in [2.75, 3.05) is 46.9 Å². The van der Waals surface area contributed by atoms with Crippen LogP contribution in [0.1, 0.15) is 17.3 Å². The maximum absolute atomic E-state index is 12.1. The number of amides is 1. The smallest absolute Gasteiger partial charge is 0.255 e. The van der Waals surface area contributed by atoms with Gasteiger partial charge in [0, 0.05) is 19.6 Å². The molecule has 0 saturated carbocycles. The number of hydrogen-bond donors (Lipinski definition) is 2. The van der Waals surface area contributed by atoms with Crippen molar-refractivity contribution in [2.45, 2.75) is 6.92 Å². The maximum Gasteiger partial charge on any atom is 0.255 e. The van der Waals surface area contributed by atoms with Crippen molar-refractivity contribution < 1.29 is 9.53 Å². The summed E-state index contributed by atoms with van der Waals surface area (Å²) in [5, 5.41) is 6.05. The van der Waals surface area contributed by atoms with E-state index in [0.29, 0.717) is 24.5 Å². The predicted molar refractivity (Wildman–Crippen MR) is 81.4 cm³/mol. The van der Waals surface area contributed by atoms with Crippen LogP contribution in [-0.4, -0.2) is 57.7 Å². The normalized spacial score (nSPS) is 10.6. The Morgan fingerprint density at radius 2 is 2.00 bits per heavy atom. The molecule has 1 amide bonds. The number of nitrogens with one attached hydrogen (secondary N) is 2. The Morgan fingerprint density at radius 3 is 2.70 bits per heavy atom. The van der Waals surface area contributed by atoms with Crippen LogP contribution in [0.25, 0.3) is 0 Å². The van der Waals surface area contributed by atoms with Crippen molar-refractivity contribution in [1.82, 2.24) is 15.5 Å². The summed E-state index contributed by atoms with van der Waals surface area (Å²) in [6.07, 6.45) is 0. The molecule has 0 spiro atoms. The Hall–Kier alpha value is -1.59. The number of nitrogens with zero attached hydrogens (tertiary/aromatic N) is 1. The molecule has 1 aromatic rings. The highest BCUT2D eigenvalue weighted by Gasteiger charge is 2.11. The lowest BCUT2D eigenvalue weighted by Crippen LogP contribution is -2.32. The number of para-hydroxylation sites is 1. The van der Waals surface area contributed by atoms with E-state index in [4.69, 9.17) is 4.74 Å². The van der Waals surface area contributed by atoms with E-state index in [0.717, 1.165) is 19.6 Å². The van der Waals surface area contributed by atoms with Crippen LogP contribution < -0.4 is 15.4 Å². The first-order valence-corrected chi connectivity index (χ1v) is 7.00. The first-order chi connectivity index (χ1) is 9.65. The van der Waals surface area contributed by atoms with Crippen LogP contribution in [0.2, 0.25) is 0 Å². The van der Waals surface area contributed by atoms with Crippen LogP contribution in [0.4, 0.5) is 0 Å². The van der Waals surface area contributed by atoms with Crippen molar-refractivity contribution in [3.05, 3.63) is 29.8 Å². The molecular weight excluding hydrogens is 254 g/mol. The number of ether oxygens (including phenoxy) is 1. The molecule has 0 atom stereocenters. The van der Waals surface area contributed by atoms with Crippen LogP contribution in [-0.2, 0) is 0 Å². The zero-order valence-corrected chi connectivity index (χ0v) is 12.6. The second kappa shape index (κ2) is 9.34. The third-order valence-corrected chi connectivity index (χ3v) is 2.77. The molecule has 5 heteroatoms. The number of benzene rings is 1. The zero-order valence-electron chi connectivity index (χ0n) is 12.6. The number of likely N-dealkylation sites (N-methyl/N-ethyl adjacent to an activating group) is 2. The van der Waals surface area contributed by atoms with Crippen molar-refractivity contribution in [1.29, 1.82) is 0 Å². The van der Waals surface area contributed by atoms with Crippen LogP contribution in [0.15, 0.2) is 24.3 Å². The van der Waals surface area contributed by atoms with Gasteiger partial charge in [0.25, 0.3) is 5.91 Å². The summed E-state index contributed by atoms with van der Waals surface area (Å²) >= 11 is 0. The topological polar surface area (TPSA) is 53.6 Å². The van der Waals surface area contributed by atoms with E-state index >= 15 is 0 Å². The number of carbonyl (C=O) groups is 1. The van der Waals surface area contributed by atoms with E-state index in [1.807, 2.05) is 44.1 Å². The molecule has 20 heavy (non-hydrogen) atoms. The molecular formula is C15H25N3O2. The fourth-order valence-corrected chi connectivity index (χ4v) is 1.65. The largest absolute Gasteiger partial charge is 0.491 e. The summed E-state index contributed by atoms with van der Waals surface area (Å²) in [5.74, 6) is 0.540. The molecule has 0 aliphatic rings. The predicted octanol–water partition coefficient (Wildman–Crippen LogP) is 0.966. The molecule has 0 heterocycles. The van der Waals surface area contributed by atoms with E-state index in [2.05, 4.69) is 10.6 Å². The van der Waals surface area contributed by atoms with Crippen LogP contribution >= 0.6 is 0 Å². The van der Waals surface area contributed by atoms with E-state index < -0.39 is 0 Å². The number of hydrogen-bond acceptors (Lipinski definition) is 4. The molecule has 5 nitrogen and oxygen atoms in total. The summed E-state index contributed by atoms with van der Waals surface area (Å²) < 4.78 is 5.68. The molecule has 112 valence electrons. The molecule has 1 aromatic carbocycles. The lowest BCUT2D eigenvalue weighted by molar-refractivity contribution is 0.0949. The summed E-state index contributed by atoms with van der Waals surface area (Å²) in [5.41, 5.74) is 0.586. The quantitative estimate of drug-likeness (QED) is 0.661. The molecule has 0 bridgehead atoms. The third-order valence-electron chi connectivity index (χ3n) is 2.77. The van der Waals surface area contributed by atoms with Crippen LogP contribution in [0.3, 0.4) is 0 Å². The SMILES string of the molecule is CCNCCNC(=O)c1ccccc1OCCN(C)C. The lowest BCUT2D eigenvalue weighted by Gasteiger charge is -2.14. The van der Waals surface area contributed by atoms with Gasteiger partial charge >= 0.3 is 0 Å². The highest BCUT2D eigenvalue weighted by atomic mass is 16.5. The van der Waals surface area contributed by atoms with Gasteiger partial charge in [0.05, 0.1) is 5.56 Å². The minimum absolute atomic E-state index is 0.0941. The molecule has 0 radical (unpaired) electrons. The Kier molecular flexibility index (Phi) is 7.69. The average molecular weight is 279 g/mol. The van der Waals surface area contributed by atoms with Crippen molar-refractivity contribution >= 4 is 5.91 Å². The molecule has 0 aromatic heterocycles. The summed E-state index contributed by atoms with van der Waals surface area (Å²) in [6.45, 7) is 5.70. The summed E-state index contributed by atoms with van der Waals surface area (Å²) in [6, 6.07) is 7.33. The van der Waals surface area contributed by atoms with Gasteiger partial charge in [-0.25, -0.2) is 0 Å². The molecule has 0 unspecified atom stereocenters. The third kappa shape index (κ3) is 6.04. The van der Waals surface area contributed by atoms with Crippen LogP contribution in [0, 0.1) is 0 Å². The fourth-order valence-electron chi connectivity index (χ4n) is 1.65. The Labute approximate surface area is 121 Å². The Balaban J connectivity index is 2.53. The van der Waals surface area contributed by atoms with Gasteiger partial charge in [-0.1, -0.05) is 19.1 Å². The summed E-state index contributed by atoms with van der Waals surface area (Å²) in [4.78, 5) is 14.1. The van der Waals surface area contributed by atoms with Crippen molar-refractivity contribution in [3.8, 4) is 5.75 Å². The standard InChI is InChI=1S/C15H25N3O2/c1-4-16-9-10-17-15(19)13-7-5-6-8-14(13)20-12-11-18(2)3/h5-8,16H,4,9-12H2,1-3H3,(H,17,19). The van der Waals surface area contributed by atoms with E-state index in [1.54, 1.807) is 6.07 Å². The van der Waals surface area contributed by atoms with Gasteiger partial charge in [-0.15, -0.1) is 0 Å². The fraction of sp³-hybridized carbons (Fsp3) is 0.533. The van der Waals surface area contributed by atoms with Gasteiger partial charge in [-0.05, 0) is 32.8 Å². The molecule has 2 N–H and O–H groups in total. The second-order valence-electron chi connectivity index (χ2n) is 4.76. The summed E-state index contributed by atoms with van der Waals surface area (Å²) in [7, 11) is 3.98. The Bertz CT molecular complexity index is 408. The first kappa shape index (κ1) is 16.5. The van der Waals surface area contributed by atoms with Gasteiger partial charge in [-0.3, -0.25) is 4.79 Å². The monoisotopic (exact) mass is 279 g/mol.